The van der Waals surface area contributed by atoms with Crippen LogP contribution in [0.5, 0.6) is 0 Å². The number of carbonyl (C=O) groups excluding carboxylic acids is 1. The monoisotopic (exact) mass is 476 g/mol. The van der Waals surface area contributed by atoms with Crippen molar-refractivity contribution in [3.05, 3.63) is 51.3 Å². The second-order valence-electron chi connectivity index (χ2n) is 7.12. The van der Waals surface area contributed by atoms with Gasteiger partial charge in [0, 0.05) is 12.6 Å². The summed E-state index contributed by atoms with van der Waals surface area (Å²) in [6.07, 6.45) is 4.49. The lowest BCUT2D eigenvalue weighted by Gasteiger charge is -2.25. The van der Waals surface area contributed by atoms with Crippen molar-refractivity contribution in [2.45, 2.75) is 25.8 Å². The van der Waals surface area contributed by atoms with Gasteiger partial charge < -0.3 is 5.73 Å². The van der Waals surface area contributed by atoms with Crippen LogP contribution >= 0.6 is 12.4 Å². The number of nitrogens with zero attached hydrogens (tertiary/aromatic N) is 8. The molecular formula is C18H21ClN10O4. The molecule has 174 valence electrons. The van der Waals surface area contributed by atoms with E-state index in [0.29, 0.717) is 12.2 Å². The maximum atomic E-state index is 13.0. The van der Waals surface area contributed by atoms with Gasteiger partial charge in [-0.15, -0.1) is 17.5 Å². The molecule has 0 atom stereocenters. The molecule has 0 spiro atoms. The van der Waals surface area contributed by atoms with Crippen LogP contribution in [0.3, 0.4) is 0 Å². The number of nitro benzene ring substituents is 1. The first-order valence-electron chi connectivity index (χ1n) is 9.86. The first kappa shape index (κ1) is 23.7. The van der Waals surface area contributed by atoms with Crippen molar-refractivity contribution in [2.75, 3.05) is 18.8 Å². The molecule has 3 heterocycles. The van der Waals surface area contributed by atoms with Crippen molar-refractivity contribution in [3.8, 4) is 5.82 Å². The zero-order chi connectivity index (χ0) is 22.5. The molecule has 1 amide bonds. The number of rotatable bonds is 7. The van der Waals surface area contributed by atoms with Crippen LogP contribution in [0.4, 0.5) is 11.5 Å². The van der Waals surface area contributed by atoms with E-state index in [2.05, 4.69) is 40.7 Å². The van der Waals surface area contributed by atoms with Crippen molar-refractivity contribution in [1.82, 2.24) is 35.6 Å². The highest BCUT2D eigenvalue weighted by atomic mass is 35.5. The number of benzene rings is 1. The highest BCUT2D eigenvalue weighted by Crippen LogP contribution is 2.19. The van der Waals surface area contributed by atoms with Crippen LogP contribution in [-0.4, -0.2) is 60.3 Å². The van der Waals surface area contributed by atoms with E-state index in [0.717, 1.165) is 37.0 Å². The third-order valence-corrected chi connectivity index (χ3v) is 4.98. The summed E-state index contributed by atoms with van der Waals surface area (Å²) in [4.78, 5) is 25.8. The number of nitro groups is 1. The van der Waals surface area contributed by atoms with Gasteiger partial charge >= 0.3 is 0 Å². The first-order valence-corrected chi connectivity index (χ1v) is 9.86. The number of hydrogen-bond donors (Lipinski definition) is 2. The summed E-state index contributed by atoms with van der Waals surface area (Å²) < 4.78 is 5.76. The number of anilines is 1. The molecule has 1 aliphatic heterocycles. The fraction of sp³-hybridized carbons (Fsp3) is 0.333. The summed E-state index contributed by atoms with van der Waals surface area (Å²) in [5.41, 5.74) is 8.71. The van der Waals surface area contributed by atoms with Crippen molar-refractivity contribution in [2.24, 2.45) is 5.10 Å². The lowest BCUT2D eigenvalue weighted by molar-refractivity contribution is -0.385. The number of likely N-dealkylation sites (tertiary alicyclic amines) is 1. The summed E-state index contributed by atoms with van der Waals surface area (Å²) >= 11 is 0. The lowest BCUT2D eigenvalue weighted by Crippen LogP contribution is -2.31. The Morgan fingerprint density at radius 1 is 1.27 bits per heavy atom. The van der Waals surface area contributed by atoms with Crippen molar-refractivity contribution < 1.29 is 14.3 Å². The van der Waals surface area contributed by atoms with E-state index in [1.165, 1.54) is 18.3 Å². The van der Waals surface area contributed by atoms with Gasteiger partial charge in [-0.05, 0) is 42.3 Å². The van der Waals surface area contributed by atoms with E-state index in [-0.39, 0.29) is 41.0 Å². The van der Waals surface area contributed by atoms with E-state index in [1.54, 1.807) is 12.1 Å². The highest BCUT2D eigenvalue weighted by molar-refractivity contribution is 5.95. The lowest BCUT2D eigenvalue weighted by atomic mass is 10.1. The second kappa shape index (κ2) is 10.6. The fourth-order valence-corrected chi connectivity index (χ4v) is 3.44. The Morgan fingerprint density at radius 2 is 2.03 bits per heavy atom. The molecule has 0 saturated carbocycles. The van der Waals surface area contributed by atoms with Crippen LogP contribution in [0.25, 0.3) is 5.82 Å². The molecule has 2 aromatic heterocycles. The molecule has 1 aromatic carbocycles. The number of hydrogen-bond acceptors (Lipinski definition) is 11. The van der Waals surface area contributed by atoms with E-state index < -0.39 is 10.8 Å². The highest BCUT2D eigenvalue weighted by Gasteiger charge is 2.26. The fourth-order valence-electron chi connectivity index (χ4n) is 3.44. The average molecular weight is 477 g/mol. The molecule has 3 aromatic rings. The molecule has 4 rings (SSSR count). The number of piperidine rings is 1. The molecule has 1 saturated heterocycles. The summed E-state index contributed by atoms with van der Waals surface area (Å²) in [5, 5.41) is 30.4. The Balaban J connectivity index is 0.00000306. The third-order valence-electron chi connectivity index (χ3n) is 4.98. The number of amides is 1. The zero-order valence-electron chi connectivity index (χ0n) is 17.3. The summed E-state index contributed by atoms with van der Waals surface area (Å²) in [5.74, 6) is -0.675. The molecule has 0 radical (unpaired) electrons. The van der Waals surface area contributed by atoms with Crippen molar-refractivity contribution in [3.63, 3.8) is 0 Å². The summed E-state index contributed by atoms with van der Waals surface area (Å²) in [6.45, 7) is 2.18. The molecular weight excluding hydrogens is 456 g/mol. The number of aromatic nitrogens is 5. The number of para-hydroxylation sites is 1. The number of carbonyl (C=O) groups is 1. The Bertz CT molecular complexity index is 1150. The minimum absolute atomic E-state index is 0. The summed E-state index contributed by atoms with van der Waals surface area (Å²) in [6, 6.07) is 6.04. The van der Waals surface area contributed by atoms with Gasteiger partial charge in [0.25, 0.3) is 11.6 Å². The topological polar surface area (TPSA) is 183 Å². The van der Waals surface area contributed by atoms with E-state index >= 15 is 0 Å². The largest absolute Gasteiger partial charge is 0.378 e. The normalized spacial score (nSPS) is 14.2. The maximum absolute atomic E-state index is 13.0. The van der Waals surface area contributed by atoms with Gasteiger partial charge in [-0.25, -0.2) is 10.1 Å². The van der Waals surface area contributed by atoms with E-state index in [9.17, 15) is 14.9 Å². The molecule has 1 fully saturated rings. The van der Waals surface area contributed by atoms with E-state index in [1.807, 2.05) is 0 Å². The molecule has 3 N–H and O–H groups in total. The van der Waals surface area contributed by atoms with Gasteiger partial charge in [0.1, 0.15) is 5.69 Å². The third kappa shape index (κ3) is 5.30. The SMILES string of the molecule is Cl.Nc1nonc1-n1nnc(CN2CCCCC2)c1C(=O)N/N=C/c1ccccc1[N+](=O)[O-]. The van der Waals surface area contributed by atoms with Crippen LogP contribution in [0.2, 0.25) is 0 Å². The van der Waals surface area contributed by atoms with Crippen LogP contribution in [0.15, 0.2) is 34.0 Å². The molecule has 15 heteroatoms. The Morgan fingerprint density at radius 3 is 2.73 bits per heavy atom. The van der Waals surface area contributed by atoms with Gasteiger partial charge in [0.2, 0.25) is 11.6 Å². The zero-order valence-corrected chi connectivity index (χ0v) is 18.1. The van der Waals surface area contributed by atoms with Crippen LogP contribution in [0.1, 0.15) is 41.0 Å². The van der Waals surface area contributed by atoms with Crippen molar-refractivity contribution >= 4 is 36.0 Å². The number of nitrogens with one attached hydrogen (secondary N) is 1. The van der Waals surface area contributed by atoms with Crippen molar-refractivity contribution in [1.29, 1.82) is 0 Å². The molecule has 1 aliphatic rings. The van der Waals surface area contributed by atoms with Crippen LogP contribution < -0.4 is 11.2 Å². The minimum Gasteiger partial charge on any atom is -0.378 e. The molecule has 0 aliphatic carbocycles. The second-order valence-corrected chi connectivity index (χ2v) is 7.12. The van der Waals surface area contributed by atoms with Gasteiger partial charge in [0.05, 0.1) is 16.7 Å². The van der Waals surface area contributed by atoms with Gasteiger partial charge in [-0.3, -0.25) is 19.8 Å². The first-order chi connectivity index (χ1) is 15.5. The smallest absolute Gasteiger partial charge is 0.292 e. The Kier molecular flexibility index (Phi) is 7.63. The quantitative estimate of drug-likeness (QED) is 0.286. The number of halogens is 1. The standard InChI is InChI=1S/C18H20N10O4.ClH/c19-16-17(24-32-23-16)27-15(13(21-25-27)11-26-8-4-1-5-9-26)18(29)22-20-10-12-6-2-3-7-14(12)28(30)31;/h2-3,6-7,10H,1,4-5,8-9,11H2,(H2,19,23)(H,22,29);1H/b20-10+;. The number of hydrazone groups is 1. The van der Waals surface area contributed by atoms with Gasteiger partial charge in [-0.2, -0.15) is 9.78 Å². The predicted molar refractivity (Wildman–Crippen MR) is 118 cm³/mol. The number of nitrogens with two attached hydrogens (primary N) is 1. The van der Waals surface area contributed by atoms with E-state index in [4.69, 9.17) is 5.73 Å². The Labute approximate surface area is 193 Å². The molecule has 0 unspecified atom stereocenters. The van der Waals surface area contributed by atoms with Crippen LogP contribution in [-0.2, 0) is 6.54 Å². The average Bonchev–Trinajstić information content (AvgIpc) is 3.40. The Hall–Kier alpha value is -3.91. The molecule has 33 heavy (non-hydrogen) atoms. The molecule has 0 bridgehead atoms. The number of nitrogen functional groups attached to an aromatic ring is 1. The molecule has 14 nitrogen and oxygen atoms in total. The minimum atomic E-state index is -0.640. The van der Waals surface area contributed by atoms with Gasteiger partial charge in [0.15, 0.2) is 5.69 Å². The maximum Gasteiger partial charge on any atom is 0.292 e. The summed E-state index contributed by atoms with van der Waals surface area (Å²) in [7, 11) is 0. The predicted octanol–water partition coefficient (Wildman–Crippen LogP) is 1.31. The van der Waals surface area contributed by atoms with Gasteiger partial charge in [-0.1, -0.05) is 23.8 Å². The van der Waals surface area contributed by atoms with Crippen LogP contribution in [0, 0.1) is 10.1 Å².